The molecule has 0 N–H and O–H groups in total. The van der Waals surface area contributed by atoms with Crippen molar-refractivity contribution in [2.45, 2.75) is 6.92 Å². The topological polar surface area (TPSA) is 44.8 Å². The van der Waals surface area contributed by atoms with E-state index in [1.54, 1.807) is 19.3 Å². The van der Waals surface area contributed by atoms with E-state index in [1.807, 2.05) is 73.7 Å². The van der Waals surface area contributed by atoms with Crippen molar-refractivity contribution in [3.63, 3.8) is 0 Å². The number of Topliss-reactive ketones (excluding diaryl/α,β-unsaturated/α-hetero) is 1. The molecule has 0 fully saturated rings. The van der Waals surface area contributed by atoms with Crippen LogP contribution in [0.25, 0.3) is 12.2 Å². The van der Waals surface area contributed by atoms with Crippen LogP contribution in [0.1, 0.15) is 27.0 Å². The quantitative estimate of drug-likeness (QED) is 0.382. The first-order chi connectivity index (χ1) is 15.1. The van der Waals surface area contributed by atoms with Gasteiger partial charge in [0.05, 0.1) is 12.7 Å². The number of hydrogen-bond acceptors (Lipinski definition) is 4. The summed E-state index contributed by atoms with van der Waals surface area (Å²) in [5.74, 6) is 1.99. The average Bonchev–Trinajstić information content (AvgIpc) is 3.10. The zero-order chi connectivity index (χ0) is 21.8. The lowest BCUT2D eigenvalue weighted by Crippen LogP contribution is -1.98. The molecule has 0 atom stereocenters. The minimum atomic E-state index is -0.157. The van der Waals surface area contributed by atoms with Crippen molar-refractivity contribution in [1.82, 2.24) is 0 Å². The molecule has 0 spiro atoms. The molecule has 0 saturated carbocycles. The molecule has 1 heterocycles. The highest BCUT2D eigenvalue weighted by atomic mass is 79.9. The van der Waals surface area contributed by atoms with Gasteiger partial charge < -0.3 is 14.2 Å². The smallest absolute Gasteiger partial charge is 0.231 e. The average molecular weight is 477 g/mol. The Balaban J connectivity index is 1.53. The van der Waals surface area contributed by atoms with Gasteiger partial charge in [0, 0.05) is 15.6 Å². The van der Waals surface area contributed by atoms with E-state index in [2.05, 4.69) is 15.9 Å². The molecule has 0 unspecified atom stereocenters. The molecule has 3 aromatic rings. The Labute approximate surface area is 189 Å². The van der Waals surface area contributed by atoms with Gasteiger partial charge in [-0.25, -0.2) is 0 Å². The van der Waals surface area contributed by atoms with Crippen LogP contribution in [0, 0.1) is 6.92 Å². The first kappa shape index (κ1) is 20.9. The summed E-state index contributed by atoms with van der Waals surface area (Å²) in [4.78, 5) is 12.9. The number of carbonyl (C=O) groups excluding carboxylic acids is 1. The van der Waals surface area contributed by atoms with Gasteiger partial charge in [-0.05, 0) is 55.0 Å². The predicted octanol–water partition coefficient (Wildman–Crippen LogP) is 6.47. The number of carbonyl (C=O) groups is 1. The highest BCUT2D eigenvalue weighted by Crippen LogP contribution is 2.40. The van der Waals surface area contributed by atoms with Crippen LogP contribution in [-0.2, 0) is 0 Å². The van der Waals surface area contributed by atoms with Gasteiger partial charge in [0.15, 0.2) is 5.76 Å². The second-order valence-corrected chi connectivity index (χ2v) is 7.93. The van der Waals surface area contributed by atoms with Crippen molar-refractivity contribution in [2.24, 2.45) is 0 Å². The zero-order valence-electron chi connectivity index (χ0n) is 17.2. The molecule has 156 valence electrons. The maximum absolute atomic E-state index is 12.9. The molecule has 31 heavy (non-hydrogen) atoms. The van der Waals surface area contributed by atoms with Gasteiger partial charge in [-0.15, -0.1) is 0 Å². The van der Waals surface area contributed by atoms with Crippen LogP contribution in [0.2, 0.25) is 0 Å². The molecule has 1 aliphatic rings. The molecule has 0 radical (unpaired) electrons. The predicted molar refractivity (Wildman–Crippen MR) is 126 cm³/mol. The SMILES string of the molecule is COc1ccc(Br)cc1/C=C1\Oc2c(ccc(OC/C=C/c3ccccc3)c2C)C1=O. The van der Waals surface area contributed by atoms with Crippen molar-refractivity contribution in [1.29, 1.82) is 0 Å². The second kappa shape index (κ2) is 9.23. The Hall–Kier alpha value is -3.31. The van der Waals surface area contributed by atoms with E-state index in [-0.39, 0.29) is 11.5 Å². The number of allylic oxidation sites excluding steroid dienone is 1. The van der Waals surface area contributed by atoms with E-state index >= 15 is 0 Å². The van der Waals surface area contributed by atoms with Gasteiger partial charge in [-0.1, -0.05) is 52.3 Å². The molecule has 0 bridgehead atoms. The van der Waals surface area contributed by atoms with E-state index in [9.17, 15) is 4.79 Å². The summed E-state index contributed by atoms with van der Waals surface area (Å²) in [5, 5.41) is 0. The lowest BCUT2D eigenvalue weighted by atomic mass is 10.1. The molecule has 4 nitrogen and oxygen atoms in total. The van der Waals surface area contributed by atoms with Gasteiger partial charge in [-0.2, -0.15) is 0 Å². The molecule has 5 heteroatoms. The summed E-state index contributed by atoms with van der Waals surface area (Å²) in [6.07, 6.45) is 5.67. The van der Waals surface area contributed by atoms with Crippen LogP contribution in [0.3, 0.4) is 0 Å². The van der Waals surface area contributed by atoms with Gasteiger partial charge in [0.2, 0.25) is 5.78 Å². The molecule has 0 amide bonds. The van der Waals surface area contributed by atoms with Crippen molar-refractivity contribution >= 4 is 33.9 Å². The Kier molecular flexibility index (Phi) is 6.23. The van der Waals surface area contributed by atoms with Crippen LogP contribution in [0.5, 0.6) is 17.2 Å². The lowest BCUT2D eigenvalue weighted by molar-refractivity contribution is 0.101. The number of rotatable bonds is 6. The van der Waals surface area contributed by atoms with Gasteiger partial charge in [-0.3, -0.25) is 4.79 Å². The van der Waals surface area contributed by atoms with E-state index in [1.165, 1.54) is 0 Å². The number of ketones is 1. The second-order valence-electron chi connectivity index (χ2n) is 7.02. The van der Waals surface area contributed by atoms with Crippen LogP contribution >= 0.6 is 15.9 Å². The van der Waals surface area contributed by atoms with Gasteiger partial charge >= 0.3 is 0 Å². The fourth-order valence-corrected chi connectivity index (χ4v) is 3.75. The van der Waals surface area contributed by atoms with Crippen LogP contribution in [0.4, 0.5) is 0 Å². The monoisotopic (exact) mass is 476 g/mol. The van der Waals surface area contributed by atoms with Gasteiger partial charge in [0.1, 0.15) is 23.9 Å². The van der Waals surface area contributed by atoms with Crippen LogP contribution < -0.4 is 14.2 Å². The molecular weight excluding hydrogens is 456 g/mol. The maximum atomic E-state index is 12.9. The third kappa shape index (κ3) is 4.57. The fraction of sp³-hybridized carbons (Fsp3) is 0.115. The van der Waals surface area contributed by atoms with Crippen molar-refractivity contribution < 1.29 is 19.0 Å². The molecule has 0 saturated heterocycles. The summed E-state index contributed by atoms with van der Waals surface area (Å²) < 4.78 is 18.1. The number of benzene rings is 3. The Morgan fingerprint density at radius 2 is 1.81 bits per heavy atom. The molecule has 0 aliphatic carbocycles. The Morgan fingerprint density at radius 1 is 1.03 bits per heavy atom. The highest BCUT2D eigenvalue weighted by Gasteiger charge is 2.30. The zero-order valence-corrected chi connectivity index (χ0v) is 18.8. The minimum Gasteiger partial charge on any atom is -0.496 e. The normalized spacial score (nSPS) is 14.0. The summed E-state index contributed by atoms with van der Waals surface area (Å²) in [7, 11) is 1.59. The fourth-order valence-electron chi connectivity index (χ4n) is 3.37. The van der Waals surface area contributed by atoms with E-state index < -0.39 is 0 Å². The lowest BCUT2D eigenvalue weighted by Gasteiger charge is -2.10. The van der Waals surface area contributed by atoms with Crippen LogP contribution in [0.15, 0.2) is 77.0 Å². The largest absolute Gasteiger partial charge is 0.496 e. The molecule has 0 aromatic heterocycles. The van der Waals surface area contributed by atoms with E-state index in [0.29, 0.717) is 29.4 Å². The first-order valence-electron chi connectivity index (χ1n) is 9.82. The Morgan fingerprint density at radius 3 is 2.58 bits per heavy atom. The first-order valence-corrected chi connectivity index (χ1v) is 10.6. The molecule has 3 aromatic carbocycles. The van der Waals surface area contributed by atoms with Crippen molar-refractivity contribution in [3.8, 4) is 17.2 Å². The molecule has 4 rings (SSSR count). The summed E-state index contributed by atoms with van der Waals surface area (Å²) in [6, 6.07) is 19.2. The standard InChI is InChI=1S/C26H21BrO4/c1-17-22(30-14-6-9-18-7-4-3-5-8-18)13-11-21-25(28)24(31-26(17)21)16-19-15-20(27)10-12-23(19)29-2/h3-13,15-16H,14H2,1-2H3/b9-6+,24-16-. The summed E-state index contributed by atoms with van der Waals surface area (Å²) >= 11 is 3.45. The molecular formula is C26H21BrO4. The molecule has 1 aliphatic heterocycles. The van der Waals surface area contributed by atoms with E-state index in [4.69, 9.17) is 14.2 Å². The number of methoxy groups -OCH3 is 1. The number of hydrogen-bond donors (Lipinski definition) is 0. The van der Waals surface area contributed by atoms with Crippen molar-refractivity contribution in [2.75, 3.05) is 13.7 Å². The Bertz CT molecular complexity index is 1180. The maximum Gasteiger partial charge on any atom is 0.231 e. The number of ether oxygens (including phenoxy) is 3. The number of fused-ring (bicyclic) bond motifs is 1. The highest BCUT2D eigenvalue weighted by molar-refractivity contribution is 9.10. The number of halogens is 1. The summed E-state index contributed by atoms with van der Waals surface area (Å²) in [6.45, 7) is 2.31. The van der Waals surface area contributed by atoms with Crippen molar-refractivity contribution in [3.05, 3.63) is 99.2 Å². The summed E-state index contributed by atoms with van der Waals surface area (Å²) in [5.41, 5.74) is 3.20. The minimum absolute atomic E-state index is 0.157. The third-order valence-corrected chi connectivity index (χ3v) is 5.45. The van der Waals surface area contributed by atoms with Gasteiger partial charge in [0.25, 0.3) is 0 Å². The van der Waals surface area contributed by atoms with E-state index in [0.717, 1.165) is 21.2 Å². The van der Waals surface area contributed by atoms with Crippen LogP contribution in [-0.4, -0.2) is 19.5 Å². The third-order valence-electron chi connectivity index (χ3n) is 4.96.